The van der Waals surface area contributed by atoms with E-state index in [2.05, 4.69) is 21.2 Å². The summed E-state index contributed by atoms with van der Waals surface area (Å²) in [5.74, 6) is 0. The van der Waals surface area contributed by atoms with Gasteiger partial charge >= 0.3 is 0 Å². The molecule has 0 aromatic heterocycles. The van der Waals surface area contributed by atoms with Crippen molar-refractivity contribution >= 4 is 56.4 Å². The summed E-state index contributed by atoms with van der Waals surface area (Å²) >= 11 is 21.6. The average molecular weight is 380 g/mol. The molecule has 0 aliphatic heterocycles. The Labute approximate surface area is 136 Å². The van der Waals surface area contributed by atoms with Crippen molar-refractivity contribution in [2.75, 3.05) is 5.32 Å². The first kappa shape index (κ1) is 15.0. The molecule has 2 aromatic carbocycles. The van der Waals surface area contributed by atoms with Gasteiger partial charge in [0.15, 0.2) is 0 Å². The standard InChI is InChI=1S/C14H11BrCl3N/c1-8(19-10-4-2-9(15)3-5-10)11-6-7-12(16)14(18)13(11)17/h2-8,19H,1H3. The van der Waals surface area contributed by atoms with Crippen molar-refractivity contribution < 1.29 is 0 Å². The van der Waals surface area contributed by atoms with Crippen molar-refractivity contribution in [3.63, 3.8) is 0 Å². The lowest BCUT2D eigenvalue weighted by atomic mass is 10.1. The summed E-state index contributed by atoms with van der Waals surface area (Å²) in [5.41, 5.74) is 1.93. The van der Waals surface area contributed by atoms with Gasteiger partial charge in [0.1, 0.15) is 0 Å². The molecule has 0 bridgehead atoms. The van der Waals surface area contributed by atoms with Crippen LogP contribution in [0.1, 0.15) is 18.5 Å². The summed E-state index contributed by atoms with van der Waals surface area (Å²) in [6.45, 7) is 2.02. The van der Waals surface area contributed by atoms with E-state index in [0.29, 0.717) is 15.1 Å². The predicted octanol–water partition coefficient (Wildman–Crippen LogP) is 6.58. The molecule has 19 heavy (non-hydrogen) atoms. The van der Waals surface area contributed by atoms with Gasteiger partial charge in [0.2, 0.25) is 0 Å². The smallest absolute Gasteiger partial charge is 0.0782 e. The quantitative estimate of drug-likeness (QED) is 0.594. The fourth-order valence-electron chi connectivity index (χ4n) is 1.75. The largest absolute Gasteiger partial charge is 0.378 e. The molecule has 0 fully saturated rings. The van der Waals surface area contributed by atoms with Crippen molar-refractivity contribution in [2.45, 2.75) is 13.0 Å². The Morgan fingerprint density at radius 1 is 0.947 bits per heavy atom. The van der Waals surface area contributed by atoms with Crippen LogP contribution in [-0.2, 0) is 0 Å². The van der Waals surface area contributed by atoms with E-state index in [4.69, 9.17) is 34.8 Å². The zero-order valence-electron chi connectivity index (χ0n) is 10.1. The van der Waals surface area contributed by atoms with E-state index in [9.17, 15) is 0 Å². The van der Waals surface area contributed by atoms with Crippen molar-refractivity contribution in [2.24, 2.45) is 0 Å². The number of nitrogens with one attached hydrogen (secondary N) is 1. The highest BCUT2D eigenvalue weighted by atomic mass is 79.9. The highest BCUT2D eigenvalue weighted by Crippen LogP contribution is 2.36. The Morgan fingerprint density at radius 3 is 2.21 bits per heavy atom. The molecule has 100 valence electrons. The Bertz CT molecular complexity index is 584. The number of anilines is 1. The van der Waals surface area contributed by atoms with Crippen molar-refractivity contribution in [3.8, 4) is 0 Å². The number of halogens is 4. The Balaban J connectivity index is 2.23. The van der Waals surface area contributed by atoms with Crippen LogP contribution in [0.25, 0.3) is 0 Å². The second kappa shape index (κ2) is 6.36. The molecule has 2 aromatic rings. The van der Waals surface area contributed by atoms with Crippen molar-refractivity contribution in [1.82, 2.24) is 0 Å². The monoisotopic (exact) mass is 377 g/mol. The van der Waals surface area contributed by atoms with Crippen LogP contribution in [-0.4, -0.2) is 0 Å². The number of hydrogen-bond donors (Lipinski definition) is 1. The fraction of sp³-hybridized carbons (Fsp3) is 0.143. The Hall–Kier alpha value is -0.410. The van der Waals surface area contributed by atoms with E-state index in [-0.39, 0.29) is 6.04 Å². The molecular weight excluding hydrogens is 368 g/mol. The highest BCUT2D eigenvalue weighted by Gasteiger charge is 2.14. The second-order valence-corrected chi connectivity index (χ2v) is 6.22. The molecular formula is C14H11BrCl3N. The molecule has 1 atom stereocenters. The lowest BCUT2D eigenvalue weighted by Gasteiger charge is -2.18. The van der Waals surface area contributed by atoms with Crippen LogP contribution in [0.5, 0.6) is 0 Å². The van der Waals surface area contributed by atoms with Crippen molar-refractivity contribution in [1.29, 1.82) is 0 Å². The molecule has 2 rings (SSSR count). The minimum atomic E-state index is 0.0310. The maximum atomic E-state index is 6.22. The maximum Gasteiger partial charge on any atom is 0.0782 e. The molecule has 0 spiro atoms. The first-order valence-electron chi connectivity index (χ1n) is 5.64. The molecule has 0 saturated heterocycles. The molecule has 0 amide bonds. The molecule has 1 N–H and O–H groups in total. The summed E-state index contributed by atoms with van der Waals surface area (Å²) in [4.78, 5) is 0. The van der Waals surface area contributed by atoms with E-state index >= 15 is 0 Å². The van der Waals surface area contributed by atoms with E-state index in [0.717, 1.165) is 15.7 Å². The molecule has 1 unspecified atom stereocenters. The molecule has 0 radical (unpaired) electrons. The maximum absolute atomic E-state index is 6.22. The van der Waals surface area contributed by atoms with E-state index < -0.39 is 0 Å². The number of benzene rings is 2. The van der Waals surface area contributed by atoms with Gasteiger partial charge in [-0.2, -0.15) is 0 Å². The van der Waals surface area contributed by atoms with E-state index in [1.165, 1.54) is 0 Å². The molecule has 5 heteroatoms. The van der Waals surface area contributed by atoms with Crippen molar-refractivity contribution in [3.05, 3.63) is 61.5 Å². The first-order chi connectivity index (χ1) is 8.99. The topological polar surface area (TPSA) is 12.0 Å². The van der Waals surface area contributed by atoms with Crippen LogP contribution >= 0.6 is 50.7 Å². The zero-order valence-corrected chi connectivity index (χ0v) is 13.9. The highest BCUT2D eigenvalue weighted by molar-refractivity contribution is 9.10. The summed E-state index contributed by atoms with van der Waals surface area (Å²) in [5, 5.41) is 4.72. The second-order valence-electron chi connectivity index (χ2n) is 4.14. The van der Waals surface area contributed by atoms with Gasteiger partial charge in [-0.25, -0.2) is 0 Å². The summed E-state index contributed by atoms with van der Waals surface area (Å²) in [7, 11) is 0. The zero-order chi connectivity index (χ0) is 14.0. The Morgan fingerprint density at radius 2 is 1.58 bits per heavy atom. The van der Waals surface area contributed by atoms with Gasteiger partial charge in [-0.15, -0.1) is 0 Å². The van der Waals surface area contributed by atoms with Crippen LogP contribution in [0.15, 0.2) is 40.9 Å². The summed E-state index contributed by atoms with van der Waals surface area (Å²) < 4.78 is 1.04. The van der Waals surface area contributed by atoms with Crippen LogP contribution in [0.2, 0.25) is 15.1 Å². The summed E-state index contributed by atoms with van der Waals surface area (Å²) in [6.07, 6.45) is 0. The van der Waals surface area contributed by atoms with E-state index in [1.54, 1.807) is 6.07 Å². The van der Waals surface area contributed by atoms with Gasteiger partial charge in [0, 0.05) is 10.2 Å². The van der Waals surface area contributed by atoms with Crippen LogP contribution in [0, 0.1) is 0 Å². The van der Waals surface area contributed by atoms with Gasteiger partial charge in [-0.05, 0) is 42.8 Å². The first-order valence-corrected chi connectivity index (χ1v) is 7.57. The minimum absolute atomic E-state index is 0.0310. The molecule has 0 saturated carbocycles. The number of hydrogen-bond acceptors (Lipinski definition) is 1. The summed E-state index contributed by atoms with van der Waals surface area (Å²) in [6, 6.07) is 11.6. The Kier molecular flexibility index (Phi) is 5.02. The number of rotatable bonds is 3. The third kappa shape index (κ3) is 3.57. The van der Waals surface area contributed by atoms with E-state index in [1.807, 2.05) is 37.3 Å². The van der Waals surface area contributed by atoms with Gasteiger partial charge < -0.3 is 5.32 Å². The van der Waals surface area contributed by atoms with Crippen LogP contribution in [0.4, 0.5) is 5.69 Å². The molecule has 0 aliphatic carbocycles. The normalized spacial score (nSPS) is 12.3. The molecule has 1 nitrogen and oxygen atoms in total. The van der Waals surface area contributed by atoms with Crippen LogP contribution in [0.3, 0.4) is 0 Å². The van der Waals surface area contributed by atoms with Gasteiger partial charge in [0.05, 0.1) is 21.1 Å². The van der Waals surface area contributed by atoms with Gasteiger partial charge in [-0.3, -0.25) is 0 Å². The fourth-order valence-corrected chi connectivity index (χ4v) is 2.72. The average Bonchev–Trinajstić information content (AvgIpc) is 2.39. The minimum Gasteiger partial charge on any atom is -0.378 e. The molecule has 0 heterocycles. The third-order valence-corrected chi connectivity index (χ3v) is 4.60. The van der Waals surface area contributed by atoms with Crippen LogP contribution < -0.4 is 5.32 Å². The third-order valence-electron chi connectivity index (χ3n) is 2.76. The SMILES string of the molecule is CC(Nc1ccc(Br)cc1)c1ccc(Cl)c(Cl)c1Cl. The van der Waals surface area contributed by atoms with Gasteiger partial charge in [-0.1, -0.05) is 56.8 Å². The predicted molar refractivity (Wildman–Crippen MR) is 87.7 cm³/mol. The lowest BCUT2D eigenvalue weighted by Crippen LogP contribution is -2.07. The molecule has 0 aliphatic rings. The van der Waals surface area contributed by atoms with Gasteiger partial charge in [0.25, 0.3) is 0 Å². The lowest BCUT2D eigenvalue weighted by molar-refractivity contribution is 0.885.